The van der Waals surface area contributed by atoms with E-state index in [9.17, 15) is 4.79 Å². The van der Waals surface area contributed by atoms with Gasteiger partial charge in [0.2, 0.25) is 0 Å². The normalized spacial score (nSPS) is 27.1. The predicted octanol–water partition coefficient (Wildman–Crippen LogP) is 5.00. The van der Waals surface area contributed by atoms with Gasteiger partial charge < -0.3 is 4.90 Å². The fourth-order valence-corrected chi connectivity index (χ4v) is 5.28. The van der Waals surface area contributed by atoms with Crippen LogP contribution in [0.1, 0.15) is 48.9 Å². The lowest BCUT2D eigenvalue weighted by atomic mass is 9.75. The van der Waals surface area contributed by atoms with Crippen molar-refractivity contribution in [1.29, 1.82) is 0 Å². The molecule has 1 spiro atoms. The molecule has 0 bridgehead atoms. The number of amides is 1. The summed E-state index contributed by atoms with van der Waals surface area (Å²) in [6, 6.07) is 5.77. The number of likely N-dealkylation sites (N-methyl/N-ethyl adjacent to an activating group) is 2. The summed E-state index contributed by atoms with van der Waals surface area (Å²) in [7, 11) is 4.17. The van der Waals surface area contributed by atoms with Gasteiger partial charge in [0.1, 0.15) is 0 Å². The molecule has 1 heterocycles. The van der Waals surface area contributed by atoms with E-state index in [0.29, 0.717) is 10.6 Å². The maximum absolute atomic E-state index is 13.0. The lowest BCUT2D eigenvalue weighted by Gasteiger charge is -2.49. The molecule has 0 N–H and O–H groups in total. The lowest BCUT2D eigenvalue weighted by Crippen LogP contribution is -2.60. The first-order valence-electron chi connectivity index (χ1n) is 8.39. The van der Waals surface area contributed by atoms with Crippen LogP contribution >= 0.6 is 39.9 Å². The summed E-state index contributed by atoms with van der Waals surface area (Å²) in [5, 5.41) is 0.515. The van der Waals surface area contributed by atoms with Crippen LogP contribution in [0.3, 0.4) is 0 Å². The molecular formula is C18H25BrCl2N2O. The predicted molar refractivity (Wildman–Crippen MR) is 105 cm³/mol. The molecule has 6 heteroatoms. The van der Waals surface area contributed by atoms with E-state index in [0.717, 1.165) is 17.4 Å². The van der Waals surface area contributed by atoms with E-state index >= 15 is 0 Å². The van der Waals surface area contributed by atoms with Crippen LogP contribution in [0.2, 0.25) is 5.02 Å². The highest BCUT2D eigenvalue weighted by Crippen LogP contribution is 2.43. The first-order chi connectivity index (χ1) is 11.0. The molecule has 0 unspecified atom stereocenters. The Balaban J connectivity index is 0.00000208. The molecule has 2 aliphatic rings. The summed E-state index contributed by atoms with van der Waals surface area (Å²) in [6.45, 7) is 1.14. The Kier molecular flexibility index (Phi) is 6.63. The number of hydrogen-bond donors (Lipinski definition) is 0. The van der Waals surface area contributed by atoms with E-state index in [1.165, 1.54) is 32.1 Å². The summed E-state index contributed by atoms with van der Waals surface area (Å²) in [4.78, 5) is 17.5. The molecule has 1 amide bonds. The molecule has 0 aromatic heterocycles. The summed E-state index contributed by atoms with van der Waals surface area (Å²) in [5.74, 6) is 0.0362. The van der Waals surface area contributed by atoms with Crippen molar-refractivity contribution in [3.05, 3.63) is 33.3 Å². The number of benzene rings is 1. The average molecular weight is 436 g/mol. The number of hydrogen-bond acceptors (Lipinski definition) is 2. The third-order valence-corrected chi connectivity index (χ3v) is 6.58. The summed E-state index contributed by atoms with van der Waals surface area (Å²) >= 11 is 9.70. The van der Waals surface area contributed by atoms with Crippen molar-refractivity contribution >= 4 is 45.8 Å². The van der Waals surface area contributed by atoms with Crippen LogP contribution in [0.5, 0.6) is 0 Å². The van der Waals surface area contributed by atoms with Crippen LogP contribution in [0.4, 0.5) is 0 Å². The molecular weight excluding hydrogens is 411 g/mol. The monoisotopic (exact) mass is 434 g/mol. The quantitative estimate of drug-likeness (QED) is 0.652. The minimum atomic E-state index is 0. The Labute approximate surface area is 164 Å². The van der Waals surface area contributed by atoms with E-state index in [4.69, 9.17) is 11.6 Å². The van der Waals surface area contributed by atoms with Gasteiger partial charge in [0.15, 0.2) is 0 Å². The second-order valence-corrected chi connectivity index (χ2v) is 8.25. The molecule has 1 saturated heterocycles. The Morgan fingerprint density at radius 2 is 2.04 bits per heavy atom. The van der Waals surface area contributed by atoms with Crippen molar-refractivity contribution in [3.8, 4) is 0 Å². The second kappa shape index (κ2) is 7.94. The number of carbonyl (C=O) groups excluding carboxylic acids is 1. The number of rotatable bonds is 2. The second-order valence-electron chi connectivity index (χ2n) is 6.93. The molecule has 3 nitrogen and oxygen atoms in total. The van der Waals surface area contributed by atoms with Gasteiger partial charge in [0.25, 0.3) is 5.91 Å². The lowest BCUT2D eigenvalue weighted by molar-refractivity contribution is 0.0158. The molecule has 2 fully saturated rings. The highest BCUT2D eigenvalue weighted by molar-refractivity contribution is 9.10. The van der Waals surface area contributed by atoms with E-state index < -0.39 is 0 Å². The fourth-order valence-electron chi connectivity index (χ4n) is 4.53. The van der Waals surface area contributed by atoms with Gasteiger partial charge in [0.05, 0.1) is 16.6 Å². The van der Waals surface area contributed by atoms with Crippen LogP contribution in [0.15, 0.2) is 22.7 Å². The molecule has 1 saturated carbocycles. The first kappa shape index (κ1) is 20.0. The van der Waals surface area contributed by atoms with Crippen LogP contribution in [-0.2, 0) is 0 Å². The fraction of sp³-hybridized carbons (Fsp3) is 0.611. The van der Waals surface area contributed by atoms with Crippen molar-refractivity contribution in [2.24, 2.45) is 0 Å². The Morgan fingerprint density at radius 3 is 2.67 bits per heavy atom. The molecule has 24 heavy (non-hydrogen) atoms. The number of likely N-dealkylation sites (tertiary alicyclic amines) is 1. The topological polar surface area (TPSA) is 23.6 Å². The van der Waals surface area contributed by atoms with Crippen LogP contribution in [-0.4, -0.2) is 47.9 Å². The zero-order valence-corrected chi connectivity index (χ0v) is 17.4. The zero-order valence-electron chi connectivity index (χ0n) is 14.2. The van der Waals surface area contributed by atoms with E-state index in [-0.39, 0.29) is 29.9 Å². The van der Waals surface area contributed by atoms with Crippen LogP contribution < -0.4 is 0 Å². The van der Waals surface area contributed by atoms with E-state index in [1.807, 2.05) is 24.1 Å². The largest absolute Gasteiger partial charge is 0.337 e. The molecule has 3 rings (SSSR count). The van der Waals surface area contributed by atoms with Crippen LogP contribution in [0.25, 0.3) is 0 Å². The summed E-state index contributed by atoms with van der Waals surface area (Å²) < 4.78 is 0.895. The van der Waals surface area contributed by atoms with Gasteiger partial charge in [-0.2, -0.15) is 0 Å². The van der Waals surface area contributed by atoms with E-state index in [1.54, 1.807) is 6.07 Å². The Morgan fingerprint density at radius 1 is 1.33 bits per heavy atom. The van der Waals surface area contributed by atoms with Gasteiger partial charge in [-0.15, -0.1) is 12.4 Å². The van der Waals surface area contributed by atoms with Crippen LogP contribution in [0, 0.1) is 0 Å². The number of carbonyl (C=O) groups is 1. The maximum atomic E-state index is 13.0. The molecule has 1 aromatic rings. The average Bonchev–Trinajstić information content (AvgIpc) is 2.88. The highest BCUT2D eigenvalue weighted by Gasteiger charge is 2.49. The van der Waals surface area contributed by atoms with Crippen molar-refractivity contribution in [2.75, 3.05) is 20.6 Å². The minimum Gasteiger partial charge on any atom is -0.337 e. The van der Waals surface area contributed by atoms with Crippen molar-refractivity contribution in [1.82, 2.24) is 9.80 Å². The maximum Gasteiger partial charge on any atom is 0.255 e. The summed E-state index contributed by atoms with van der Waals surface area (Å²) in [5.41, 5.74) is 0.753. The molecule has 1 aliphatic carbocycles. The minimum absolute atomic E-state index is 0. The Bertz CT molecular complexity index is 613. The molecule has 134 valence electrons. The van der Waals surface area contributed by atoms with Crippen molar-refractivity contribution in [3.63, 3.8) is 0 Å². The third-order valence-electron chi connectivity index (χ3n) is 5.77. The third kappa shape index (κ3) is 3.48. The SMILES string of the molecule is CN(C(=O)c1ccc(Br)cc1Cl)[C@H]1CCCC[C@@]12CCCN2C.Cl. The molecule has 0 radical (unpaired) electrons. The molecule has 2 atom stereocenters. The number of nitrogens with zero attached hydrogens (tertiary/aromatic N) is 2. The van der Waals surface area contributed by atoms with Gasteiger partial charge in [-0.1, -0.05) is 40.4 Å². The van der Waals surface area contributed by atoms with Crippen molar-refractivity contribution < 1.29 is 4.79 Å². The zero-order chi connectivity index (χ0) is 16.6. The summed E-state index contributed by atoms with van der Waals surface area (Å²) in [6.07, 6.45) is 7.17. The van der Waals surface area contributed by atoms with Gasteiger partial charge in [-0.3, -0.25) is 9.69 Å². The van der Waals surface area contributed by atoms with E-state index in [2.05, 4.69) is 27.9 Å². The van der Waals surface area contributed by atoms with Gasteiger partial charge in [-0.25, -0.2) is 0 Å². The van der Waals surface area contributed by atoms with Gasteiger partial charge in [-0.05, 0) is 57.5 Å². The van der Waals surface area contributed by atoms with Gasteiger partial charge >= 0.3 is 0 Å². The highest BCUT2D eigenvalue weighted by atomic mass is 79.9. The molecule has 1 aliphatic heterocycles. The number of halogens is 3. The van der Waals surface area contributed by atoms with Gasteiger partial charge in [0, 0.05) is 17.1 Å². The molecule has 1 aromatic carbocycles. The Hall–Kier alpha value is -0.290. The smallest absolute Gasteiger partial charge is 0.255 e. The standard InChI is InChI=1S/C18H24BrClN2O.ClH/c1-21-11-5-10-18(21)9-4-3-6-16(18)22(2)17(23)14-8-7-13(19)12-15(14)20;/h7-8,12,16H,3-6,9-11H2,1-2H3;1H/t16-,18+;/m0./s1. The first-order valence-corrected chi connectivity index (χ1v) is 9.56. The van der Waals surface area contributed by atoms with Crippen molar-refractivity contribution in [2.45, 2.75) is 50.1 Å².